The summed E-state index contributed by atoms with van der Waals surface area (Å²) in [6.07, 6.45) is 1.54. The highest BCUT2D eigenvalue weighted by Crippen LogP contribution is 2.30. The summed E-state index contributed by atoms with van der Waals surface area (Å²) in [4.78, 5) is 0.147. The molecule has 0 aliphatic rings. The molecular weight excluding hydrogens is 370 g/mol. The average Bonchev–Trinajstić information content (AvgIpc) is 3.02. The molecular formula is C19H20ClN3O2S. The highest BCUT2D eigenvalue weighted by Gasteiger charge is 2.30. The lowest BCUT2D eigenvalue weighted by Crippen LogP contribution is -2.20. The van der Waals surface area contributed by atoms with E-state index in [4.69, 9.17) is 11.6 Å². The monoisotopic (exact) mass is 389 g/mol. The minimum Gasteiger partial charge on any atom is -0.279 e. The van der Waals surface area contributed by atoms with Crippen molar-refractivity contribution in [3.63, 3.8) is 0 Å². The van der Waals surface area contributed by atoms with Crippen molar-refractivity contribution >= 4 is 27.3 Å². The molecule has 1 aromatic heterocycles. The third kappa shape index (κ3) is 3.92. The third-order valence-corrected chi connectivity index (χ3v) is 5.40. The fourth-order valence-corrected chi connectivity index (χ4v) is 4.13. The van der Waals surface area contributed by atoms with Crippen molar-refractivity contribution in [3.05, 3.63) is 71.5 Å². The van der Waals surface area contributed by atoms with Crippen molar-refractivity contribution in [2.45, 2.75) is 31.1 Å². The van der Waals surface area contributed by atoms with Crippen molar-refractivity contribution in [2.75, 3.05) is 4.72 Å². The number of nitrogens with one attached hydrogen (secondary N) is 1. The van der Waals surface area contributed by atoms with Crippen LogP contribution in [0.25, 0.3) is 5.69 Å². The van der Waals surface area contributed by atoms with E-state index < -0.39 is 15.4 Å². The summed E-state index contributed by atoms with van der Waals surface area (Å²) in [6.45, 7) is 5.80. The van der Waals surface area contributed by atoms with Gasteiger partial charge in [-0.15, -0.1) is 0 Å². The van der Waals surface area contributed by atoms with E-state index >= 15 is 0 Å². The Morgan fingerprint density at radius 1 is 1.04 bits per heavy atom. The normalized spacial score (nSPS) is 12.2. The van der Waals surface area contributed by atoms with Crippen LogP contribution in [0.1, 0.15) is 26.5 Å². The molecule has 26 heavy (non-hydrogen) atoms. The van der Waals surface area contributed by atoms with Gasteiger partial charge >= 0.3 is 0 Å². The molecule has 3 rings (SSSR count). The third-order valence-electron chi connectivity index (χ3n) is 3.78. The lowest BCUT2D eigenvalue weighted by molar-refractivity contribution is 0.543. The maximum atomic E-state index is 13.0. The first-order valence-electron chi connectivity index (χ1n) is 8.11. The van der Waals surface area contributed by atoms with Gasteiger partial charge in [-0.05, 0) is 30.3 Å². The fraction of sp³-hybridized carbons (Fsp3) is 0.211. The Bertz CT molecular complexity index is 1020. The van der Waals surface area contributed by atoms with Gasteiger partial charge in [0.15, 0.2) is 0 Å². The van der Waals surface area contributed by atoms with Crippen LogP contribution < -0.4 is 4.72 Å². The zero-order valence-electron chi connectivity index (χ0n) is 14.8. The zero-order valence-corrected chi connectivity index (χ0v) is 16.3. The molecule has 0 aliphatic carbocycles. The first-order chi connectivity index (χ1) is 12.2. The van der Waals surface area contributed by atoms with Gasteiger partial charge in [0.05, 0.1) is 23.3 Å². The molecule has 0 saturated heterocycles. The summed E-state index contributed by atoms with van der Waals surface area (Å²) in [5, 5.41) is 5.01. The average molecular weight is 390 g/mol. The molecule has 7 heteroatoms. The molecule has 0 bridgehead atoms. The largest absolute Gasteiger partial charge is 0.279 e. The first-order valence-corrected chi connectivity index (χ1v) is 9.97. The highest BCUT2D eigenvalue weighted by atomic mass is 35.5. The van der Waals surface area contributed by atoms with Crippen LogP contribution in [-0.4, -0.2) is 18.2 Å². The molecule has 0 radical (unpaired) electrons. The van der Waals surface area contributed by atoms with Gasteiger partial charge in [-0.1, -0.05) is 56.6 Å². The first kappa shape index (κ1) is 18.5. The van der Waals surface area contributed by atoms with Crippen LogP contribution in [-0.2, 0) is 15.4 Å². The second-order valence-corrected chi connectivity index (χ2v) is 9.08. The molecule has 0 fully saturated rings. The minimum absolute atomic E-state index is 0.147. The summed E-state index contributed by atoms with van der Waals surface area (Å²) in [5.74, 6) is 0. The van der Waals surface area contributed by atoms with E-state index in [-0.39, 0.29) is 4.90 Å². The van der Waals surface area contributed by atoms with Crippen LogP contribution in [0.3, 0.4) is 0 Å². The summed E-state index contributed by atoms with van der Waals surface area (Å²) in [5.41, 5.74) is 1.25. The quantitative estimate of drug-likeness (QED) is 0.707. The molecule has 0 saturated carbocycles. The molecule has 1 N–H and O–H groups in total. The SMILES string of the molecule is CC(C)(C)c1nn(-c2ccccc2)cc1S(=O)(=O)Nc1cccc(Cl)c1. The second-order valence-electron chi connectivity index (χ2n) is 6.99. The minimum atomic E-state index is -3.82. The van der Waals surface area contributed by atoms with E-state index in [9.17, 15) is 8.42 Å². The Kier molecular flexibility index (Phi) is 4.82. The van der Waals surface area contributed by atoms with Gasteiger partial charge < -0.3 is 0 Å². The number of aromatic nitrogens is 2. The zero-order chi connectivity index (χ0) is 18.9. The Hall–Kier alpha value is -2.31. The molecule has 0 atom stereocenters. The number of nitrogens with zero attached hydrogens (tertiary/aromatic N) is 2. The number of rotatable bonds is 4. The highest BCUT2D eigenvalue weighted by molar-refractivity contribution is 7.92. The summed E-state index contributed by atoms with van der Waals surface area (Å²) in [6, 6.07) is 16.0. The molecule has 0 aliphatic heterocycles. The maximum absolute atomic E-state index is 13.0. The predicted octanol–water partition coefficient (Wildman–Crippen LogP) is 4.62. The lowest BCUT2D eigenvalue weighted by Gasteiger charge is -2.17. The van der Waals surface area contributed by atoms with Crippen LogP contribution in [0.15, 0.2) is 65.7 Å². The standard InChI is InChI=1S/C19H20ClN3O2S/c1-19(2,3)18-17(13-23(21-18)16-10-5-4-6-11-16)26(24,25)22-15-9-7-8-14(20)12-15/h4-13,22H,1-3H3. The number of hydrogen-bond donors (Lipinski definition) is 1. The van der Waals surface area contributed by atoms with Crippen LogP contribution in [0.5, 0.6) is 0 Å². The molecule has 5 nitrogen and oxygen atoms in total. The summed E-state index contributed by atoms with van der Waals surface area (Å²) >= 11 is 5.96. The number of para-hydroxylation sites is 1. The van der Waals surface area contributed by atoms with Gasteiger partial charge in [-0.25, -0.2) is 13.1 Å². The van der Waals surface area contributed by atoms with Crippen molar-refractivity contribution in [2.24, 2.45) is 0 Å². The van der Waals surface area contributed by atoms with Gasteiger partial charge in [-0.3, -0.25) is 4.72 Å². The molecule has 0 amide bonds. The Morgan fingerprint density at radius 2 is 1.73 bits per heavy atom. The van der Waals surface area contributed by atoms with Gasteiger partial charge in [0, 0.05) is 10.4 Å². The smallest absolute Gasteiger partial charge is 0.265 e. The van der Waals surface area contributed by atoms with Crippen LogP contribution in [0.2, 0.25) is 5.02 Å². The predicted molar refractivity (Wildman–Crippen MR) is 105 cm³/mol. The molecule has 3 aromatic rings. The van der Waals surface area contributed by atoms with Crippen molar-refractivity contribution < 1.29 is 8.42 Å². The van der Waals surface area contributed by atoms with Gasteiger partial charge in [0.1, 0.15) is 4.90 Å². The molecule has 1 heterocycles. The topological polar surface area (TPSA) is 64.0 Å². The van der Waals surface area contributed by atoms with E-state index in [0.29, 0.717) is 16.4 Å². The summed E-state index contributed by atoms with van der Waals surface area (Å²) < 4.78 is 30.2. The molecule has 2 aromatic carbocycles. The number of sulfonamides is 1. The Morgan fingerprint density at radius 3 is 2.35 bits per heavy atom. The van der Waals surface area contributed by atoms with Crippen LogP contribution in [0.4, 0.5) is 5.69 Å². The fourth-order valence-electron chi connectivity index (χ4n) is 2.55. The number of hydrogen-bond acceptors (Lipinski definition) is 3. The van der Waals surface area contributed by atoms with E-state index in [1.54, 1.807) is 35.1 Å². The Balaban J connectivity index is 2.09. The van der Waals surface area contributed by atoms with E-state index in [0.717, 1.165) is 5.69 Å². The number of anilines is 1. The van der Waals surface area contributed by atoms with E-state index in [1.165, 1.54) is 0 Å². The summed E-state index contributed by atoms with van der Waals surface area (Å²) in [7, 11) is -3.82. The Labute approximate surface area is 158 Å². The molecule has 0 spiro atoms. The van der Waals surface area contributed by atoms with Crippen molar-refractivity contribution in [1.29, 1.82) is 0 Å². The van der Waals surface area contributed by atoms with Crippen molar-refractivity contribution in [3.8, 4) is 5.69 Å². The maximum Gasteiger partial charge on any atom is 0.265 e. The number of benzene rings is 2. The molecule has 136 valence electrons. The van der Waals surface area contributed by atoms with Crippen LogP contribution in [0, 0.1) is 0 Å². The van der Waals surface area contributed by atoms with E-state index in [1.807, 2.05) is 51.1 Å². The van der Waals surface area contributed by atoms with Gasteiger partial charge in [0.25, 0.3) is 10.0 Å². The van der Waals surface area contributed by atoms with Crippen LogP contribution >= 0.6 is 11.6 Å². The second kappa shape index (κ2) is 6.78. The van der Waals surface area contributed by atoms with Crippen molar-refractivity contribution in [1.82, 2.24) is 9.78 Å². The number of halogens is 1. The van der Waals surface area contributed by atoms with Gasteiger partial charge in [0.2, 0.25) is 0 Å². The molecule has 0 unspecified atom stereocenters. The van der Waals surface area contributed by atoms with E-state index in [2.05, 4.69) is 9.82 Å². The lowest BCUT2D eigenvalue weighted by atomic mass is 9.92. The van der Waals surface area contributed by atoms with Gasteiger partial charge in [-0.2, -0.15) is 5.10 Å².